The molecule has 3 rings (SSSR count). The van der Waals surface area contributed by atoms with Crippen molar-refractivity contribution < 1.29 is 73.6 Å². The molecule has 20 nitrogen and oxygen atoms in total. The zero-order valence-corrected chi connectivity index (χ0v) is 23.6. The van der Waals surface area contributed by atoms with Crippen LogP contribution in [0.3, 0.4) is 0 Å². The molecule has 0 aromatic rings. The second kappa shape index (κ2) is 15.6. The van der Waals surface area contributed by atoms with Crippen LogP contribution in [0.15, 0.2) is 0 Å². The number of hydrogen-bond acceptors (Lipinski definition) is 15. The zero-order valence-electron chi connectivity index (χ0n) is 23.6. The Hall–Kier alpha value is -3.37. The molecular formula is C24H39N5O15. The maximum atomic E-state index is 12.9. The number of ether oxygens (including phenoxy) is 4. The number of amides is 5. The number of aliphatic hydroxyl groups excluding tert-OH is 6. The number of nitrogens with two attached hydrogens (primary N) is 1. The van der Waals surface area contributed by atoms with Crippen molar-refractivity contribution in [1.29, 1.82) is 0 Å². The molecule has 0 radical (unpaired) electrons. The highest BCUT2D eigenvalue weighted by atomic mass is 16.6. The first-order valence-electron chi connectivity index (χ1n) is 13.8. The van der Waals surface area contributed by atoms with Crippen LogP contribution in [-0.4, -0.2) is 160 Å². The van der Waals surface area contributed by atoms with Gasteiger partial charge in [0.25, 0.3) is 0 Å². The molecule has 3 heterocycles. The van der Waals surface area contributed by atoms with Crippen molar-refractivity contribution >= 4 is 29.9 Å². The fourth-order valence-corrected chi connectivity index (χ4v) is 4.69. The summed E-state index contributed by atoms with van der Waals surface area (Å²) >= 11 is 0. The van der Waals surface area contributed by atoms with Crippen molar-refractivity contribution in [3.63, 3.8) is 0 Å². The fraction of sp³-hybridized carbons (Fsp3) is 0.792. The standard InChI is InChI=1S/C24H39N5O15/c1-8-21(37)26-4-10-15(31)19(35)18(34)13(43-10)7-42-24(40)29-9(2-3-14(25)30)22(38)27-5-11-16(32)20(36)17(33)12(44-11)6-41-23(39)28-8/h8-13,15-20,31-36H,2-7H2,1H3,(H2,25,30)(H,26,37)(H,27,38)(H,28,39)(H,29,40)/t8-,9+,10+,11+,12-,13-,15+,16+,17+,18-,19-,20-/m1/s1. The van der Waals surface area contributed by atoms with Crippen LogP contribution in [0.5, 0.6) is 0 Å². The quantitative estimate of drug-likeness (QED) is 0.137. The molecular weight excluding hydrogens is 598 g/mol. The largest absolute Gasteiger partial charge is 0.447 e. The first kappa shape index (κ1) is 35.1. The summed E-state index contributed by atoms with van der Waals surface area (Å²) in [6.07, 6.45) is -18.7. The van der Waals surface area contributed by atoms with Crippen molar-refractivity contribution in [2.45, 2.75) is 92.9 Å². The number of carbonyl (C=O) groups is 5. The Labute approximate surface area is 250 Å². The van der Waals surface area contributed by atoms with E-state index in [-0.39, 0.29) is 12.8 Å². The summed E-state index contributed by atoms with van der Waals surface area (Å²) in [6.45, 7) is -0.917. The van der Waals surface area contributed by atoms with Crippen molar-refractivity contribution in [1.82, 2.24) is 21.3 Å². The third-order valence-corrected chi connectivity index (χ3v) is 7.35. The van der Waals surface area contributed by atoms with Gasteiger partial charge in [0.1, 0.15) is 86.3 Å². The van der Waals surface area contributed by atoms with Crippen molar-refractivity contribution in [3.8, 4) is 0 Å². The van der Waals surface area contributed by atoms with E-state index in [9.17, 15) is 54.6 Å². The topological polar surface area (TPSA) is 318 Å². The number of fused-ring (bicyclic) bond motifs is 4. The van der Waals surface area contributed by atoms with E-state index in [1.165, 1.54) is 6.92 Å². The maximum absolute atomic E-state index is 12.9. The van der Waals surface area contributed by atoms with E-state index in [0.29, 0.717) is 0 Å². The van der Waals surface area contributed by atoms with E-state index < -0.39 is 129 Å². The zero-order chi connectivity index (χ0) is 32.7. The summed E-state index contributed by atoms with van der Waals surface area (Å²) in [4.78, 5) is 61.6. The van der Waals surface area contributed by atoms with Crippen molar-refractivity contribution in [2.24, 2.45) is 5.73 Å². The van der Waals surface area contributed by atoms with Crippen molar-refractivity contribution in [3.05, 3.63) is 0 Å². The third kappa shape index (κ3) is 9.08. The monoisotopic (exact) mass is 637 g/mol. The Balaban J connectivity index is 1.80. The van der Waals surface area contributed by atoms with E-state index in [0.717, 1.165) is 0 Å². The Morgan fingerprint density at radius 3 is 1.61 bits per heavy atom. The second-order valence-electron chi connectivity index (χ2n) is 10.6. The van der Waals surface area contributed by atoms with Gasteiger partial charge in [-0.3, -0.25) is 14.4 Å². The molecule has 44 heavy (non-hydrogen) atoms. The summed E-state index contributed by atoms with van der Waals surface area (Å²) in [7, 11) is 0. The molecule has 0 aliphatic carbocycles. The van der Waals surface area contributed by atoms with Crippen LogP contribution in [-0.2, 0) is 33.3 Å². The first-order chi connectivity index (χ1) is 20.7. The molecule has 12 N–H and O–H groups in total. The number of primary amides is 1. The second-order valence-corrected chi connectivity index (χ2v) is 10.6. The van der Waals surface area contributed by atoms with E-state index in [1.807, 2.05) is 0 Å². The van der Waals surface area contributed by atoms with Gasteiger partial charge in [-0.05, 0) is 13.3 Å². The lowest BCUT2D eigenvalue weighted by Crippen LogP contribution is -2.62. The molecule has 12 atom stereocenters. The van der Waals surface area contributed by atoms with E-state index in [2.05, 4.69) is 21.3 Å². The predicted molar refractivity (Wildman–Crippen MR) is 140 cm³/mol. The fourth-order valence-electron chi connectivity index (χ4n) is 4.69. The normalized spacial score (nSPS) is 39.9. The van der Waals surface area contributed by atoms with Gasteiger partial charge in [-0.2, -0.15) is 0 Å². The van der Waals surface area contributed by atoms with Gasteiger partial charge in [-0.25, -0.2) is 9.59 Å². The highest BCUT2D eigenvalue weighted by Crippen LogP contribution is 2.23. The van der Waals surface area contributed by atoms with Gasteiger partial charge in [-0.1, -0.05) is 0 Å². The number of rotatable bonds is 3. The molecule has 0 aromatic carbocycles. The van der Waals surface area contributed by atoms with Crippen LogP contribution >= 0.6 is 0 Å². The lowest BCUT2D eigenvalue weighted by atomic mass is 9.95. The molecule has 0 spiro atoms. The Kier molecular flexibility index (Phi) is 12.4. The molecule has 3 aliphatic heterocycles. The molecule has 20 heteroatoms. The van der Waals surface area contributed by atoms with Crippen LogP contribution in [0, 0.1) is 0 Å². The molecule has 3 saturated heterocycles. The number of alkyl carbamates (subject to hydrolysis) is 2. The lowest BCUT2D eigenvalue weighted by molar-refractivity contribution is -0.227. The average molecular weight is 638 g/mol. The van der Waals surface area contributed by atoms with Gasteiger partial charge in [0.15, 0.2) is 0 Å². The average Bonchev–Trinajstić information content (AvgIpc) is 2.98. The Morgan fingerprint density at radius 2 is 1.14 bits per heavy atom. The SMILES string of the molecule is C[C@H]1NC(=O)OC[C@H]2O[C@@H](CNC(=O)[C@H](CCC(N)=O)NC(=O)OC[C@H]3O[C@@H](CNC1=O)[C@H](O)[C@@H](O)[C@@H]3O)[C@H](O)[C@@H](O)[C@H]2O. The van der Waals surface area contributed by atoms with Crippen molar-refractivity contribution in [2.75, 3.05) is 26.3 Å². The molecule has 0 unspecified atom stereocenters. The smallest absolute Gasteiger partial charge is 0.407 e. The minimum absolute atomic E-state index is 0.287. The van der Waals surface area contributed by atoms with Gasteiger partial charge in [0, 0.05) is 19.5 Å². The van der Waals surface area contributed by atoms with E-state index in [1.54, 1.807) is 0 Å². The minimum atomic E-state index is -1.78. The van der Waals surface area contributed by atoms with Gasteiger partial charge in [0.2, 0.25) is 17.7 Å². The number of hydrogen-bond donors (Lipinski definition) is 11. The minimum Gasteiger partial charge on any atom is -0.447 e. The summed E-state index contributed by atoms with van der Waals surface area (Å²) in [5.41, 5.74) is 5.16. The highest BCUT2D eigenvalue weighted by molar-refractivity contribution is 5.86. The van der Waals surface area contributed by atoms with E-state index >= 15 is 0 Å². The Bertz CT molecular complexity index is 1050. The molecule has 4 bridgehead atoms. The molecule has 0 saturated carbocycles. The maximum Gasteiger partial charge on any atom is 0.407 e. The summed E-state index contributed by atoms with van der Waals surface area (Å²) in [5, 5.41) is 71.1. The number of aliphatic hydroxyl groups is 6. The number of cyclic esters (lactones) is 2. The van der Waals surface area contributed by atoms with Gasteiger partial charge in [0.05, 0.1) is 0 Å². The Morgan fingerprint density at radius 1 is 0.705 bits per heavy atom. The van der Waals surface area contributed by atoms with Gasteiger partial charge < -0.3 is 76.6 Å². The van der Waals surface area contributed by atoms with Gasteiger partial charge >= 0.3 is 12.2 Å². The first-order valence-corrected chi connectivity index (χ1v) is 13.8. The molecule has 250 valence electrons. The number of carbonyl (C=O) groups excluding carboxylic acids is 5. The number of nitrogens with one attached hydrogen (secondary N) is 4. The summed E-state index contributed by atoms with van der Waals surface area (Å²) in [5.74, 6) is -2.44. The van der Waals surface area contributed by atoms with Crippen LogP contribution in [0.4, 0.5) is 9.59 Å². The highest BCUT2D eigenvalue weighted by Gasteiger charge is 2.46. The van der Waals surface area contributed by atoms with Crippen LogP contribution in [0.25, 0.3) is 0 Å². The van der Waals surface area contributed by atoms with E-state index in [4.69, 9.17) is 24.7 Å². The summed E-state index contributed by atoms with van der Waals surface area (Å²) < 4.78 is 21.1. The third-order valence-electron chi connectivity index (χ3n) is 7.35. The predicted octanol–water partition coefficient (Wildman–Crippen LogP) is -6.59. The van der Waals surface area contributed by atoms with Crippen LogP contribution in [0.1, 0.15) is 19.8 Å². The molecule has 3 fully saturated rings. The summed E-state index contributed by atoms with van der Waals surface area (Å²) in [6, 6.07) is -2.61. The van der Waals surface area contributed by atoms with Crippen LogP contribution < -0.4 is 27.0 Å². The van der Waals surface area contributed by atoms with Gasteiger partial charge in [-0.15, -0.1) is 0 Å². The molecule has 3 aliphatic rings. The molecule has 5 amide bonds. The lowest BCUT2D eigenvalue weighted by Gasteiger charge is -2.40. The molecule has 0 aromatic heterocycles. The van der Waals surface area contributed by atoms with Crippen LogP contribution in [0.2, 0.25) is 0 Å².